The minimum Gasteiger partial charge on any atom is -0.494 e. The third kappa shape index (κ3) is 2.61. The first-order valence-electron chi connectivity index (χ1n) is 6.86. The van der Waals surface area contributed by atoms with Gasteiger partial charge in [0, 0.05) is 11.8 Å². The molecule has 0 bridgehead atoms. The number of benzene rings is 1. The Balaban J connectivity index is 2.08. The van der Waals surface area contributed by atoms with Crippen LogP contribution in [0.3, 0.4) is 0 Å². The minimum atomic E-state index is 0.624. The van der Waals surface area contributed by atoms with Gasteiger partial charge < -0.3 is 10.5 Å². The Bertz CT molecular complexity index is 782. The second kappa shape index (κ2) is 5.77. The van der Waals surface area contributed by atoms with E-state index in [1.807, 2.05) is 47.0 Å². The molecule has 3 aromatic rings. The molecule has 0 atom stereocenters. The number of rotatable bonds is 4. The van der Waals surface area contributed by atoms with Gasteiger partial charge in [0.05, 0.1) is 11.1 Å². The van der Waals surface area contributed by atoms with Crippen LogP contribution in [0.4, 0.5) is 5.82 Å². The van der Waals surface area contributed by atoms with E-state index >= 15 is 0 Å². The molecule has 3 rings (SSSR count). The van der Waals surface area contributed by atoms with E-state index in [0.29, 0.717) is 12.4 Å². The highest BCUT2D eigenvalue weighted by atomic mass is 79.9. The van der Waals surface area contributed by atoms with Gasteiger partial charge in [0.1, 0.15) is 17.3 Å². The molecule has 108 valence electrons. The van der Waals surface area contributed by atoms with Crippen molar-refractivity contribution in [2.75, 3.05) is 12.3 Å². The van der Waals surface area contributed by atoms with Crippen LogP contribution in [0, 0.1) is 0 Å². The Morgan fingerprint density at radius 3 is 2.90 bits per heavy atom. The van der Waals surface area contributed by atoms with Crippen molar-refractivity contribution in [1.29, 1.82) is 0 Å². The van der Waals surface area contributed by atoms with Gasteiger partial charge in [-0.25, -0.2) is 4.98 Å². The number of pyridine rings is 1. The molecule has 0 spiro atoms. The van der Waals surface area contributed by atoms with Gasteiger partial charge in [-0.2, -0.15) is 0 Å². The molecule has 0 saturated heterocycles. The number of ether oxygens (including phenoxy) is 1. The Hall–Kier alpha value is -2.01. The van der Waals surface area contributed by atoms with Crippen LogP contribution in [0.15, 0.2) is 47.1 Å². The number of hydrogen-bond acceptors (Lipinski definition) is 3. The van der Waals surface area contributed by atoms with Crippen LogP contribution >= 0.6 is 15.9 Å². The molecule has 2 heterocycles. The van der Waals surface area contributed by atoms with E-state index in [4.69, 9.17) is 10.5 Å². The average Bonchev–Trinajstić information content (AvgIpc) is 2.84. The number of nitrogens with two attached hydrogens (primary N) is 1. The lowest BCUT2D eigenvalue weighted by atomic mass is 10.1. The van der Waals surface area contributed by atoms with Crippen molar-refractivity contribution in [3.8, 4) is 17.0 Å². The quantitative estimate of drug-likeness (QED) is 0.773. The van der Waals surface area contributed by atoms with Gasteiger partial charge in [-0.05, 0) is 46.6 Å². The van der Waals surface area contributed by atoms with E-state index < -0.39 is 0 Å². The van der Waals surface area contributed by atoms with Gasteiger partial charge >= 0.3 is 0 Å². The summed E-state index contributed by atoms with van der Waals surface area (Å²) in [7, 11) is 0. The monoisotopic (exact) mass is 345 g/mol. The largest absolute Gasteiger partial charge is 0.494 e. The van der Waals surface area contributed by atoms with Crippen LogP contribution in [0.25, 0.3) is 16.9 Å². The molecule has 0 amide bonds. The Kier molecular flexibility index (Phi) is 3.84. The molecule has 2 N–H and O–H groups in total. The lowest BCUT2D eigenvalue weighted by molar-refractivity contribution is 0.317. The fourth-order valence-corrected chi connectivity index (χ4v) is 2.65. The predicted molar refractivity (Wildman–Crippen MR) is 88.5 cm³/mol. The summed E-state index contributed by atoms with van der Waals surface area (Å²) in [4.78, 5) is 4.64. The number of aromatic nitrogens is 2. The second-order valence-corrected chi connectivity index (χ2v) is 5.63. The first kappa shape index (κ1) is 13.9. The molecule has 0 radical (unpaired) electrons. The summed E-state index contributed by atoms with van der Waals surface area (Å²) >= 11 is 3.50. The first-order chi connectivity index (χ1) is 10.2. The summed E-state index contributed by atoms with van der Waals surface area (Å²) in [6.45, 7) is 2.79. The van der Waals surface area contributed by atoms with Crippen LogP contribution in [0.5, 0.6) is 5.75 Å². The van der Waals surface area contributed by atoms with Gasteiger partial charge in [0.15, 0.2) is 5.65 Å². The Morgan fingerprint density at radius 2 is 2.14 bits per heavy atom. The topological polar surface area (TPSA) is 52.5 Å². The van der Waals surface area contributed by atoms with E-state index in [1.165, 1.54) is 0 Å². The Labute approximate surface area is 131 Å². The van der Waals surface area contributed by atoms with Crippen molar-refractivity contribution in [2.45, 2.75) is 13.3 Å². The van der Waals surface area contributed by atoms with Crippen LogP contribution in [-0.2, 0) is 0 Å². The zero-order valence-electron chi connectivity index (χ0n) is 11.7. The second-order valence-electron chi connectivity index (χ2n) is 4.77. The SMILES string of the molecule is CCCOc1cccc(-c2nc3c(Br)cccn3c2N)c1. The number of fused-ring (bicyclic) bond motifs is 1. The number of anilines is 1. The fourth-order valence-electron chi connectivity index (χ4n) is 2.22. The average molecular weight is 346 g/mol. The molecule has 0 unspecified atom stereocenters. The molecular weight excluding hydrogens is 330 g/mol. The first-order valence-corrected chi connectivity index (χ1v) is 7.65. The van der Waals surface area contributed by atoms with Crippen molar-refractivity contribution in [2.24, 2.45) is 0 Å². The van der Waals surface area contributed by atoms with Gasteiger partial charge in [-0.15, -0.1) is 0 Å². The molecule has 4 nitrogen and oxygen atoms in total. The van der Waals surface area contributed by atoms with Crippen LogP contribution < -0.4 is 10.5 Å². The van der Waals surface area contributed by atoms with Crippen molar-refractivity contribution in [3.63, 3.8) is 0 Å². The van der Waals surface area contributed by atoms with E-state index in [9.17, 15) is 0 Å². The predicted octanol–water partition coefficient (Wildman–Crippen LogP) is 4.13. The highest BCUT2D eigenvalue weighted by Crippen LogP contribution is 2.31. The highest BCUT2D eigenvalue weighted by molar-refractivity contribution is 9.10. The third-order valence-electron chi connectivity index (χ3n) is 3.22. The van der Waals surface area contributed by atoms with Crippen molar-refractivity contribution in [3.05, 3.63) is 47.1 Å². The minimum absolute atomic E-state index is 0.624. The van der Waals surface area contributed by atoms with Crippen molar-refractivity contribution >= 4 is 27.4 Å². The summed E-state index contributed by atoms with van der Waals surface area (Å²) < 4.78 is 8.46. The molecule has 0 fully saturated rings. The third-order valence-corrected chi connectivity index (χ3v) is 3.84. The van der Waals surface area contributed by atoms with Crippen LogP contribution in [0.2, 0.25) is 0 Å². The molecule has 0 aliphatic carbocycles. The maximum atomic E-state index is 6.23. The number of nitrogens with zero attached hydrogens (tertiary/aromatic N) is 2. The van der Waals surface area contributed by atoms with Gasteiger partial charge in [-0.3, -0.25) is 4.40 Å². The summed E-state index contributed by atoms with van der Waals surface area (Å²) in [5.41, 5.74) is 8.76. The fraction of sp³-hybridized carbons (Fsp3) is 0.188. The van der Waals surface area contributed by atoms with Gasteiger partial charge in [-0.1, -0.05) is 19.1 Å². The number of hydrogen-bond donors (Lipinski definition) is 1. The van der Waals surface area contributed by atoms with Crippen molar-refractivity contribution in [1.82, 2.24) is 9.38 Å². The van der Waals surface area contributed by atoms with Crippen molar-refractivity contribution < 1.29 is 4.74 Å². The molecule has 0 saturated carbocycles. The molecule has 5 heteroatoms. The molecule has 0 aliphatic rings. The zero-order chi connectivity index (χ0) is 14.8. The van der Waals surface area contributed by atoms with E-state index in [0.717, 1.165) is 33.5 Å². The number of nitrogen functional groups attached to an aromatic ring is 1. The lowest BCUT2D eigenvalue weighted by Crippen LogP contribution is -1.96. The van der Waals surface area contributed by atoms with E-state index in [1.54, 1.807) is 0 Å². The van der Waals surface area contributed by atoms with Crippen LogP contribution in [0.1, 0.15) is 13.3 Å². The number of imidazole rings is 1. The molecule has 21 heavy (non-hydrogen) atoms. The summed E-state index contributed by atoms with van der Waals surface area (Å²) in [6, 6.07) is 11.7. The molecule has 2 aromatic heterocycles. The van der Waals surface area contributed by atoms with Crippen LogP contribution in [-0.4, -0.2) is 16.0 Å². The Morgan fingerprint density at radius 1 is 1.29 bits per heavy atom. The van der Waals surface area contributed by atoms with E-state index in [-0.39, 0.29) is 0 Å². The summed E-state index contributed by atoms with van der Waals surface area (Å²) in [6.07, 6.45) is 2.89. The summed E-state index contributed by atoms with van der Waals surface area (Å²) in [5.74, 6) is 1.46. The van der Waals surface area contributed by atoms with Gasteiger partial charge in [0.2, 0.25) is 0 Å². The normalized spacial score (nSPS) is 11.0. The smallest absolute Gasteiger partial charge is 0.153 e. The maximum Gasteiger partial charge on any atom is 0.153 e. The van der Waals surface area contributed by atoms with E-state index in [2.05, 4.69) is 27.8 Å². The molecular formula is C16H16BrN3O. The molecule has 0 aliphatic heterocycles. The standard InChI is InChI=1S/C16H16BrN3O/c1-2-9-21-12-6-3-5-11(10-12)14-15(18)20-8-4-7-13(17)16(20)19-14/h3-8,10H,2,9,18H2,1H3. The molecule has 1 aromatic carbocycles. The zero-order valence-corrected chi connectivity index (χ0v) is 13.3. The highest BCUT2D eigenvalue weighted by Gasteiger charge is 2.13. The summed E-state index contributed by atoms with van der Waals surface area (Å²) in [5, 5.41) is 0. The maximum absolute atomic E-state index is 6.23. The van der Waals surface area contributed by atoms with Gasteiger partial charge in [0.25, 0.3) is 0 Å². The lowest BCUT2D eigenvalue weighted by Gasteiger charge is -2.06. The number of halogens is 1.